The van der Waals surface area contributed by atoms with E-state index in [0.717, 1.165) is 17.7 Å². The van der Waals surface area contributed by atoms with Crippen LogP contribution in [0.4, 0.5) is 0 Å². The van der Waals surface area contributed by atoms with Gasteiger partial charge in [0.25, 0.3) is 0 Å². The topological polar surface area (TPSA) is 37.0 Å². The third-order valence-electron chi connectivity index (χ3n) is 2.67. The average Bonchev–Trinajstić information content (AvgIpc) is 2.74. The smallest absolute Gasteiger partial charge is 0.106 e. The number of rotatable bonds is 4. The first-order valence-electron chi connectivity index (χ1n) is 5.39. The molecule has 4 heteroatoms. The van der Waals surface area contributed by atoms with Crippen LogP contribution in [-0.4, -0.2) is 24.1 Å². The molecule has 1 aromatic heterocycles. The van der Waals surface area contributed by atoms with Gasteiger partial charge in [0, 0.05) is 25.3 Å². The SMILES string of the molecule is Brc1ccc(CNC[C@H]2CCCN2)cn1. The van der Waals surface area contributed by atoms with Gasteiger partial charge in [0.1, 0.15) is 4.60 Å². The molecule has 82 valence electrons. The van der Waals surface area contributed by atoms with E-state index in [1.54, 1.807) is 0 Å². The average molecular weight is 270 g/mol. The van der Waals surface area contributed by atoms with Gasteiger partial charge in [-0.25, -0.2) is 4.98 Å². The van der Waals surface area contributed by atoms with Crippen molar-refractivity contribution in [3.05, 3.63) is 28.5 Å². The second-order valence-corrected chi connectivity index (χ2v) is 4.73. The standard InChI is InChI=1S/C11H16BrN3/c12-11-4-3-9(7-15-11)6-13-8-10-2-1-5-14-10/h3-4,7,10,13-14H,1-2,5-6,8H2/t10-/m1/s1. The minimum absolute atomic E-state index is 0.661. The minimum Gasteiger partial charge on any atom is -0.313 e. The number of hydrogen-bond donors (Lipinski definition) is 2. The third-order valence-corrected chi connectivity index (χ3v) is 3.14. The number of nitrogens with zero attached hydrogens (tertiary/aromatic N) is 1. The molecular weight excluding hydrogens is 254 g/mol. The third kappa shape index (κ3) is 3.55. The Morgan fingerprint density at radius 1 is 1.53 bits per heavy atom. The van der Waals surface area contributed by atoms with Crippen LogP contribution < -0.4 is 10.6 Å². The summed E-state index contributed by atoms with van der Waals surface area (Å²) in [6.45, 7) is 3.13. The first-order valence-corrected chi connectivity index (χ1v) is 6.18. The number of nitrogens with one attached hydrogen (secondary N) is 2. The van der Waals surface area contributed by atoms with Crippen LogP contribution in [0.15, 0.2) is 22.9 Å². The van der Waals surface area contributed by atoms with E-state index in [2.05, 4.69) is 37.6 Å². The van der Waals surface area contributed by atoms with Gasteiger partial charge in [-0.1, -0.05) is 6.07 Å². The first-order chi connectivity index (χ1) is 7.34. The molecule has 3 nitrogen and oxygen atoms in total. The molecule has 0 radical (unpaired) electrons. The number of hydrogen-bond acceptors (Lipinski definition) is 3. The van der Waals surface area contributed by atoms with E-state index in [4.69, 9.17) is 0 Å². The second kappa shape index (κ2) is 5.58. The van der Waals surface area contributed by atoms with Crippen molar-refractivity contribution >= 4 is 15.9 Å². The molecule has 0 spiro atoms. The molecule has 1 saturated heterocycles. The Balaban J connectivity index is 1.71. The number of aromatic nitrogens is 1. The highest BCUT2D eigenvalue weighted by Gasteiger charge is 2.12. The molecule has 1 aromatic rings. The predicted octanol–water partition coefficient (Wildman–Crippen LogP) is 1.69. The summed E-state index contributed by atoms with van der Waals surface area (Å²) >= 11 is 3.33. The van der Waals surface area contributed by atoms with E-state index in [1.807, 2.05) is 12.3 Å². The Kier molecular flexibility index (Phi) is 4.11. The van der Waals surface area contributed by atoms with E-state index >= 15 is 0 Å². The summed E-state index contributed by atoms with van der Waals surface area (Å²) in [4.78, 5) is 4.19. The molecule has 0 aromatic carbocycles. The van der Waals surface area contributed by atoms with Gasteiger partial charge in [-0.2, -0.15) is 0 Å². The van der Waals surface area contributed by atoms with Gasteiger partial charge in [-0.3, -0.25) is 0 Å². The molecule has 0 amide bonds. The summed E-state index contributed by atoms with van der Waals surface area (Å²) in [6, 6.07) is 4.73. The van der Waals surface area contributed by atoms with Crippen LogP contribution in [0, 0.1) is 0 Å². The van der Waals surface area contributed by atoms with Gasteiger partial charge in [-0.05, 0) is 46.9 Å². The lowest BCUT2D eigenvalue weighted by molar-refractivity contribution is 0.535. The molecular formula is C11H16BrN3. The van der Waals surface area contributed by atoms with Crippen LogP contribution in [0.2, 0.25) is 0 Å². The molecule has 0 bridgehead atoms. The van der Waals surface area contributed by atoms with E-state index in [0.29, 0.717) is 6.04 Å². The molecule has 0 saturated carbocycles. The molecule has 1 atom stereocenters. The molecule has 1 fully saturated rings. The maximum Gasteiger partial charge on any atom is 0.106 e. The predicted molar refractivity (Wildman–Crippen MR) is 64.7 cm³/mol. The molecule has 2 N–H and O–H groups in total. The van der Waals surface area contributed by atoms with Crippen molar-refractivity contribution in [2.75, 3.05) is 13.1 Å². The first kappa shape index (κ1) is 11.0. The van der Waals surface area contributed by atoms with Crippen molar-refractivity contribution in [1.29, 1.82) is 0 Å². The molecule has 2 rings (SSSR count). The lowest BCUT2D eigenvalue weighted by Crippen LogP contribution is -2.33. The van der Waals surface area contributed by atoms with Crippen LogP contribution in [0.25, 0.3) is 0 Å². The molecule has 2 heterocycles. The summed E-state index contributed by atoms with van der Waals surface area (Å²) in [5.41, 5.74) is 1.23. The van der Waals surface area contributed by atoms with Crippen molar-refractivity contribution in [2.45, 2.75) is 25.4 Å². The Morgan fingerprint density at radius 3 is 3.13 bits per heavy atom. The van der Waals surface area contributed by atoms with Crippen molar-refractivity contribution in [3.8, 4) is 0 Å². The molecule has 1 aliphatic heterocycles. The molecule has 15 heavy (non-hydrogen) atoms. The zero-order valence-electron chi connectivity index (χ0n) is 8.67. The Hall–Kier alpha value is -0.450. The highest BCUT2D eigenvalue weighted by Crippen LogP contribution is 2.07. The summed E-state index contributed by atoms with van der Waals surface area (Å²) in [6.07, 6.45) is 4.51. The zero-order chi connectivity index (χ0) is 10.5. The Bertz CT molecular complexity index is 293. The number of pyridine rings is 1. The van der Waals surface area contributed by atoms with Gasteiger partial charge in [0.15, 0.2) is 0 Å². The van der Waals surface area contributed by atoms with Gasteiger partial charge >= 0.3 is 0 Å². The van der Waals surface area contributed by atoms with Crippen molar-refractivity contribution in [3.63, 3.8) is 0 Å². The van der Waals surface area contributed by atoms with Crippen molar-refractivity contribution in [1.82, 2.24) is 15.6 Å². The highest BCUT2D eigenvalue weighted by atomic mass is 79.9. The van der Waals surface area contributed by atoms with Crippen LogP contribution in [0.5, 0.6) is 0 Å². The normalized spacial score (nSPS) is 20.7. The maximum absolute atomic E-state index is 4.19. The fraction of sp³-hybridized carbons (Fsp3) is 0.545. The van der Waals surface area contributed by atoms with E-state index in [-0.39, 0.29) is 0 Å². The fourth-order valence-electron chi connectivity index (χ4n) is 1.83. The lowest BCUT2D eigenvalue weighted by atomic mass is 10.2. The van der Waals surface area contributed by atoms with Gasteiger partial charge < -0.3 is 10.6 Å². The summed E-state index contributed by atoms with van der Waals surface area (Å²) in [7, 11) is 0. The second-order valence-electron chi connectivity index (χ2n) is 3.91. The van der Waals surface area contributed by atoms with Crippen LogP contribution >= 0.6 is 15.9 Å². The van der Waals surface area contributed by atoms with Crippen LogP contribution in [0.3, 0.4) is 0 Å². The largest absolute Gasteiger partial charge is 0.313 e. The minimum atomic E-state index is 0.661. The molecule has 0 unspecified atom stereocenters. The summed E-state index contributed by atoms with van der Waals surface area (Å²) in [5.74, 6) is 0. The molecule has 1 aliphatic rings. The highest BCUT2D eigenvalue weighted by molar-refractivity contribution is 9.10. The quantitative estimate of drug-likeness (QED) is 0.817. The maximum atomic E-state index is 4.19. The fourth-order valence-corrected chi connectivity index (χ4v) is 2.07. The number of halogens is 1. The van der Waals surface area contributed by atoms with Crippen LogP contribution in [0.1, 0.15) is 18.4 Å². The Labute approximate surface area is 98.8 Å². The summed E-state index contributed by atoms with van der Waals surface area (Å²) < 4.78 is 0.892. The zero-order valence-corrected chi connectivity index (χ0v) is 10.3. The van der Waals surface area contributed by atoms with Gasteiger partial charge in [-0.15, -0.1) is 0 Å². The molecule has 0 aliphatic carbocycles. The van der Waals surface area contributed by atoms with E-state index in [9.17, 15) is 0 Å². The van der Waals surface area contributed by atoms with Gasteiger partial charge in [0.2, 0.25) is 0 Å². The van der Waals surface area contributed by atoms with Crippen LogP contribution in [-0.2, 0) is 6.54 Å². The van der Waals surface area contributed by atoms with Crippen molar-refractivity contribution < 1.29 is 0 Å². The Morgan fingerprint density at radius 2 is 2.47 bits per heavy atom. The monoisotopic (exact) mass is 269 g/mol. The summed E-state index contributed by atoms with van der Waals surface area (Å²) in [5, 5.41) is 6.91. The van der Waals surface area contributed by atoms with E-state index in [1.165, 1.54) is 24.9 Å². The van der Waals surface area contributed by atoms with Crippen molar-refractivity contribution in [2.24, 2.45) is 0 Å². The van der Waals surface area contributed by atoms with E-state index < -0.39 is 0 Å². The lowest BCUT2D eigenvalue weighted by Gasteiger charge is -2.11. The van der Waals surface area contributed by atoms with Gasteiger partial charge in [0.05, 0.1) is 0 Å².